The lowest BCUT2D eigenvalue weighted by molar-refractivity contribution is -0.119. The number of carbonyl (C=O) groups is 1. The van der Waals surface area contributed by atoms with Crippen LogP contribution in [0.1, 0.15) is 29.2 Å². The van der Waals surface area contributed by atoms with E-state index in [0.717, 1.165) is 41.2 Å². The normalized spacial score (nSPS) is 17.9. The van der Waals surface area contributed by atoms with Crippen LogP contribution in [-0.4, -0.2) is 45.3 Å². The molecular formula is C22H25NO5. The number of methoxy groups -OCH3 is 2. The number of Topliss-reactive ketones (excluding diaryl/α,β-unsaturated/α-hetero) is 1. The molecule has 0 spiro atoms. The number of rotatable bonds is 6. The molecule has 2 aromatic carbocycles. The van der Waals surface area contributed by atoms with Gasteiger partial charge in [-0.3, -0.25) is 9.69 Å². The summed E-state index contributed by atoms with van der Waals surface area (Å²) in [5.41, 5.74) is 3.11. The second-order valence-electron chi connectivity index (χ2n) is 7.19. The second kappa shape index (κ2) is 7.72. The van der Waals surface area contributed by atoms with E-state index >= 15 is 0 Å². The van der Waals surface area contributed by atoms with Crippen molar-refractivity contribution in [2.24, 2.45) is 0 Å². The predicted octanol–water partition coefficient (Wildman–Crippen LogP) is 3.16. The van der Waals surface area contributed by atoms with Crippen LogP contribution in [-0.2, 0) is 17.6 Å². The van der Waals surface area contributed by atoms with Crippen molar-refractivity contribution in [1.82, 2.24) is 4.90 Å². The van der Waals surface area contributed by atoms with Crippen LogP contribution in [0.2, 0.25) is 0 Å². The van der Waals surface area contributed by atoms with Crippen molar-refractivity contribution in [2.75, 3.05) is 34.6 Å². The summed E-state index contributed by atoms with van der Waals surface area (Å²) >= 11 is 0. The van der Waals surface area contributed by atoms with E-state index in [1.165, 1.54) is 0 Å². The third-order valence-corrected chi connectivity index (χ3v) is 5.55. The molecule has 28 heavy (non-hydrogen) atoms. The molecule has 0 saturated heterocycles. The van der Waals surface area contributed by atoms with E-state index in [1.54, 1.807) is 14.2 Å². The van der Waals surface area contributed by atoms with Crippen LogP contribution in [0.15, 0.2) is 30.3 Å². The van der Waals surface area contributed by atoms with Crippen molar-refractivity contribution < 1.29 is 23.7 Å². The number of ketones is 1. The topological polar surface area (TPSA) is 57.2 Å². The van der Waals surface area contributed by atoms with E-state index in [1.807, 2.05) is 37.4 Å². The number of ether oxygens (including phenoxy) is 4. The lowest BCUT2D eigenvalue weighted by Gasteiger charge is -2.35. The number of hydrogen-bond donors (Lipinski definition) is 0. The number of likely N-dealkylation sites (N-methyl/N-ethyl adjacent to an activating group) is 1. The third kappa shape index (κ3) is 3.29. The molecule has 0 amide bonds. The molecule has 0 unspecified atom stereocenters. The van der Waals surface area contributed by atoms with Crippen LogP contribution < -0.4 is 18.9 Å². The molecule has 0 fully saturated rings. The molecule has 0 bridgehead atoms. The predicted molar refractivity (Wildman–Crippen MR) is 105 cm³/mol. The quantitative estimate of drug-likeness (QED) is 0.764. The number of nitrogens with zero attached hydrogens (tertiary/aromatic N) is 1. The lowest BCUT2D eigenvalue weighted by atomic mass is 9.87. The first-order chi connectivity index (χ1) is 13.6. The Labute approximate surface area is 165 Å². The van der Waals surface area contributed by atoms with Crippen LogP contribution in [0.4, 0.5) is 0 Å². The SMILES string of the molecule is COc1ccccc1CC(=O)C[C@H]1c2c(cc3c(c2OC)OCO3)CCN1C. The monoisotopic (exact) mass is 383 g/mol. The summed E-state index contributed by atoms with van der Waals surface area (Å²) in [5, 5.41) is 0. The average molecular weight is 383 g/mol. The van der Waals surface area contributed by atoms with E-state index in [0.29, 0.717) is 24.3 Å². The standard InChI is InChI=1S/C22H25NO5/c1-23-9-8-15-11-19-21(28-13-27-19)22(26-3)20(15)17(23)12-16(24)10-14-6-4-5-7-18(14)25-2/h4-7,11,17H,8-10,12-13H2,1-3H3/t17-/m0/s1. The minimum atomic E-state index is -0.0598. The molecule has 0 saturated carbocycles. The highest BCUT2D eigenvalue weighted by atomic mass is 16.7. The Hall–Kier alpha value is -2.73. The van der Waals surface area contributed by atoms with Crippen LogP contribution in [0, 0.1) is 0 Å². The zero-order valence-corrected chi connectivity index (χ0v) is 16.5. The Morgan fingerprint density at radius 2 is 2.04 bits per heavy atom. The van der Waals surface area contributed by atoms with Gasteiger partial charge < -0.3 is 18.9 Å². The molecule has 2 aliphatic heterocycles. The van der Waals surface area contributed by atoms with Gasteiger partial charge in [0.1, 0.15) is 11.5 Å². The zero-order chi connectivity index (χ0) is 19.7. The Kier molecular flexibility index (Phi) is 5.13. The van der Waals surface area contributed by atoms with E-state index in [9.17, 15) is 4.79 Å². The fourth-order valence-electron chi connectivity index (χ4n) is 4.13. The number of hydrogen-bond acceptors (Lipinski definition) is 6. The Morgan fingerprint density at radius 1 is 1.21 bits per heavy atom. The highest BCUT2D eigenvalue weighted by Crippen LogP contribution is 2.50. The maximum Gasteiger partial charge on any atom is 0.231 e. The molecule has 1 atom stereocenters. The number of benzene rings is 2. The van der Waals surface area contributed by atoms with Gasteiger partial charge in [-0.2, -0.15) is 0 Å². The molecule has 0 radical (unpaired) electrons. The van der Waals surface area contributed by atoms with Gasteiger partial charge in [-0.05, 0) is 31.2 Å². The molecule has 0 aromatic heterocycles. The van der Waals surface area contributed by atoms with Gasteiger partial charge in [0.05, 0.1) is 14.2 Å². The smallest absolute Gasteiger partial charge is 0.231 e. The van der Waals surface area contributed by atoms with Gasteiger partial charge in [0.15, 0.2) is 11.5 Å². The molecule has 6 heteroatoms. The first kappa shape index (κ1) is 18.6. The molecule has 6 nitrogen and oxygen atoms in total. The summed E-state index contributed by atoms with van der Waals surface area (Å²) in [4.78, 5) is 15.2. The molecule has 2 heterocycles. The Bertz CT molecular complexity index is 895. The maximum atomic E-state index is 13.0. The van der Waals surface area contributed by atoms with Gasteiger partial charge in [-0.1, -0.05) is 18.2 Å². The van der Waals surface area contributed by atoms with Crippen molar-refractivity contribution in [3.05, 3.63) is 47.0 Å². The summed E-state index contributed by atoms with van der Waals surface area (Å²) in [6.07, 6.45) is 1.63. The van der Waals surface area contributed by atoms with Gasteiger partial charge in [-0.15, -0.1) is 0 Å². The van der Waals surface area contributed by atoms with Crippen molar-refractivity contribution in [2.45, 2.75) is 25.3 Å². The highest BCUT2D eigenvalue weighted by molar-refractivity contribution is 5.82. The summed E-state index contributed by atoms with van der Waals surface area (Å²) in [6.45, 7) is 1.07. The summed E-state index contributed by atoms with van der Waals surface area (Å²) in [6, 6.07) is 9.63. The lowest BCUT2D eigenvalue weighted by Crippen LogP contribution is -2.34. The summed E-state index contributed by atoms with van der Waals surface area (Å²) < 4.78 is 22.3. The molecule has 0 aliphatic carbocycles. The highest BCUT2D eigenvalue weighted by Gasteiger charge is 2.34. The number of carbonyl (C=O) groups excluding carboxylic acids is 1. The zero-order valence-electron chi connectivity index (χ0n) is 16.5. The van der Waals surface area contributed by atoms with Gasteiger partial charge in [0.2, 0.25) is 12.5 Å². The minimum Gasteiger partial charge on any atom is -0.496 e. The van der Waals surface area contributed by atoms with E-state index in [4.69, 9.17) is 18.9 Å². The fourth-order valence-corrected chi connectivity index (χ4v) is 4.13. The van der Waals surface area contributed by atoms with Crippen LogP contribution >= 0.6 is 0 Å². The third-order valence-electron chi connectivity index (χ3n) is 5.55. The Balaban J connectivity index is 1.63. The van der Waals surface area contributed by atoms with Gasteiger partial charge in [0.25, 0.3) is 0 Å². The van der Waals surface area contributed by atoms with Gasteiger partial charge >= 0.3 is 0 Å². The van der Waals surface area contributed by atoms with Crippen LogP contribution in [0.3, 0.4) is 0 Å². The van der Waals surface area contributed by atoms with E-state index < -0.39 is 0 Å². The number of fused-ring (bicyclic) bond motifs is 2. The van der Waals surface area contributed by atoms with Crippen molar-refractivity contribution in [3.63, 3.8) is 0 Å². The van der Waals surface area contributed by atoms with Gasteiger partial charge in [-0.25, -0.2) is 0 Å². The Morgan fingerprint density at radius 3 is 2.82 bits per heavy atom. The van der Waals surface area contributed by atoms with Gasteiger partial charge in [0, 0.05) is 36.6 Å². The van der Waals surface area contributed by atoms with E-state index in [2.05, 4.69) is 4.90 Å². The maximum absolute atomic E-state index is 13.0. The average Bonchev–Trinajstić information content (AvgIpc) is 3.17. The molecule has 4 rings (SSSR count). The summed E-state index contributed by atoms with van der Waals surface area (Å²) in [5.74, 6) is 2.95. The van der Waals surface area contributed by atoms with Crippen molar-refractivity contribution >= 4 is 5.78 Å². The largest absolute Gasteiger partial charge is 0.496 e. The first-order valence-corrected chi connectivity index (χ1v) is 9.45. The molecule has 2 aliphatic rings. The molecule has 0 N–H and O–H groups in total. The molecule has 2 aromatic rings. The first-order valence-electron chi connectivity index (χ1n) is 9.45. The second-order valence-corrected chi connectivity index (χ2v) is 7.19. The fraction of sp³-hybridized carbons (Fsp3) is 0.409. The van der Waals surface area contributed by atoms with Crippen LogP contribution in [0.25, 0.3) is 0 Å². The van der Waals surface area contributed by atoms with Crippen LogP contribution in [0.5, 0.6) is 23.0 Å². The molecular weight excluding hydrogens is 358 g/mol. The van der Waals surface area contributed by atoms with E-state index in [-0.39, 0.29) is 18.6 Å². The summed E-state index contributed by atoms with van der Waals surface area (Å²) in [7, 11) is 5.32. The van der Waals surface area contributed by atoms with Crippen molar-refractivity contribution in [3.8, 4) is 23.0 Å². The van der Waals surface area contributed by atoms with Crippen molar-refractivity contribution in [1.29, 1.82) is 0 Å². The molecule has 148 valence electrons. The minimum absolute atomic E-state index is 0.0598. The number of para-hydroxylation sites is 1.